The smallest absolute Gasteiger partial charge is 0.411 e. The summed E-state index contributed by atoms with van der Waals surface area (Å²) in [6, 6.07) is 7.91. The van der Waals surface area contributed by atoms with Crippen molar-refractivity contribution in [3.63, 3.8) is 0 Å². The van der Waals surface area contributed by atoms with Crippen molar-refractivity contribution in [3.05, 3.63) is 65.0 Å². The molecule has 0 radical (unpaired) electrons. The molecular weight excluding hydrogens is 506 g/mol. The van der Waals surface area contributed by atoms with E-state index in [0.717, 1.165) is 6.07 Å². The van der Waals surface area contributed by atoms with Gasteiger partial charge in [0, 0.05) is 12.1 Å². The Hall–Kier alpha value is -4.09. The minimum atomic E-state index is -4.62. The van der Waals surface area contributed by atoms with E-state index in [4.69, 9.17) is 16.2 Å². The zero-order valence-corrected chi connectivity index (χ0v) is 20.5. The summed E-state index contributed by atoms with van der Waals surface area (Å²) in [6.07, 6.45) is -2.50. The number of nitrogens with one attached hydrogen (secondary N) is 1. The van der Waals surface area contributed by atoms with Gasteiger partial charge >= 0.3 is 6.18 Å². The Morgan fingerprint density at radius 3 is 2.39 bits per heavy atom. The molecular formula is C26H27F4N5O3. The number of methoxy groups -OCH3 is 1. The molecule has 0 bridgehead atoms. The van der Waals surface area contributed by atoms with Crippen LogP contribution in [0.3, 0.4) is 0 Å². The standard InChI is InChI=1S/C26H27F4N5O3/c1-38-19-11-10-17(27)12-18(19)25(37)33-13-14-6-8-15(9-7-14)21-20(24(32)36)23(31)35(34-21)22(26(28,29)30)16-4-2-3-5-16/h6-12,16,22H,2-5,13,31H2,1H3,(H2,32,36)(H,33,37). The fourth-order valence-corrected chi connectivity index (χ4v) is 4.90. The number of nitrogens with two attached hydrogens (primary N) is 2. The number of nitrogen functional groups attached to an aromatic ring is 1. The number of alkyl halides is 3. The van der Waals surface area contributed by atoms with E-state index < -0.39 is 41.6 Å². The number of amides is 2. The summed E-state index contributed by atoms with van der Waals surface area (Å²) < 4.78 is 61.6. The maximum atomic E-state index is 14.1. The number of primary amides is 1. The van der Waals surface area contributed by atoms with Gasteiger partial charge in [0.05, 0.1) is 12.7 Å². The molecule has 0 saturated heterocycles. The summed E-state index contributed by atoms with van der Waals surface area (Å²) in [4.78, 5) is 24.7. The van der Waals surface area contributed by atoms with Gasteiger partial charge in [-0.05, 0) is 42.5 Å². The van der Waals surface area contributed by atoms with Crippen molar-refractivity contribution in [2.24, 2.45) is 11.7 Å². The van der Waals surface area contributed by atoms with Gasteiger partial charge in [0.15, 0.2) is 6.04 Å². The molecule has 4 rings (SSSR count). The fraction of sp³-hybridized carbons (Fsp3) is 0.346. The number of carbonyl (C=O) groups excluding carboxylic acids is 2. The summed E-state index contributed by atoms with van der Waals surface area (Å²) in [6.45, 7) is 0.0653. The molecule has 1 aromatic heterocycles. The molecule has 0 spiro atoms. The molecule has 8 nitrogen and oxygen atoms in total. The van der Waals surface area contributed by atoms with E-state index >= 15 is 0 Å². The lowest BCUT2D eigenvalue weighted by molar-refractivity contribution is -0.183. The highest BCUT2D eigenvalue weighted by atomic mass is 19.4. The number of hydrogen-bond acceptors (Lipinski definition) is 5. The lowest BCUT2D eigenvalue weighted by Crippen LogP contribution is -2.34. The normalized spacial score (nSPS) is 14.9. The topological polar surface area (TPSA) is 125 Å². The zero-order chi connectivity index (χ0) is 27.6. The number of rotatable bonds is 8. The summed E-state index contributed by atoms with van der Waals surface area (Å²) >= 11 is 0. The zero-order valence-electron chi connectivity index (χ0n) is 20.5. The van der Waals surface area contributed by atoms with Crippen LogP contribution in [0.1, 0.15) is 58.0 Å². The Kier molecular flexibility index (Phi) is 7.61. The third kappa shape index (κ3) is 5.43. The number of ether oxygens (including phenoxy) is 1. The van der Waals surface area contributed by atoms with Gasteiger partial charge in [-0.2, -0.15) is 18.3 Å². The molecule has 202 valence electrons. The lowest BCUT2D eigenvalue weighted by atomic mass is 9.97. The van der Waals surface area contributed by atoms with E-state index in [1.54, 1.807) is 24.3 Å². The molecule has 1 aliphatic carbocycles. The minimum absolute atomic E-state index is 0.0257. The van der Waals surface area contributed by atoms with Crippen LogP contribution in [-0.4, -0.2) is 34.9 Å². The Morgan fingerprint density at radius 2 is 1.82 bits per heavy atom. The Bertz CT molecular complexity index is 1330. The van der Waals surface area contributed by atoms with E-state index in [0.29, 0.717) is 41.5 Å². The Morgan fingerprint density at radius 1 is 1.16 bits per heavy atom. The van der Waals surface area contributed by atoms with E-state index in [9.17, 15) is 27.2 Å². The van der Waals surface area contributed by atoms with Gasteiger partial charge in [-0.15, -0.1) is 0 Å². The predicted molar refractivity (Wildman–Crippen MR) is 132 cm³/mol. The van der Waals surface area contributed by atoms with Crippen molar-refractivity contribution in [2.75, 3.05) is 12.8 Å². The summed E-state index contributed by atoms with van der Waals surface area (Å²) in [5.41, 5.74) is 12.2. The quantitative estimate of drug-likeness (QED) is 0.365. The molecule has 0 aliphatic heterocycles. The largest absolute Gasteiger partial charge is 0.496 e. The van der Waals surface area contributed by atoms with E-state index in [2.05, 4.69) is 10.4 Å². The molecule has 1 unspecified atom stereocenters. The molecule has 5 N–H and O–H groups in total. The first-order valence-corrected chi connectivity index (χ1v) is 12.0. The second-order valence-corrected chi connectivity index (χ2v) is 9.17. The SMILES string of the molecule is COc1ccc(F)cc1C(=O)NCc1ccc(-c2nn(C(C3CCCC3)C(F)(F)F)c(N)c2C(N)=O)cc1. The Balaban J connectivity index is 1.59. The highest BCUT2D eigenvalue weighted by Crippen LogP contribution is 2.45. The minimum Gasteiger partial charge on any atom is -0.496 e. The van der Waals surface area contributed by atoms with Gasteiger partial charge in [-0.1, -0.05) is 37.1 Å². The monoisotopic (exact) mass is 533 g/mol. The van der Waals surface area contributed by atoms with Gasteiger partial charge in [0.1, 0.15) is 28.6 Å². The molecule has 2 amide bonds. The molecule has 3 aromatic rings. The number of hydrogen-bond donors (Lipinski definition) is 3. The number of nitrogens with zero attached hydrogens (tertiary/aromatic N) is 2. The van der Waals surface area contributed by atoms with Crippen LogP contribution in [0.25, 0.3) is 11.3 Å². The van der Waals surface area contributed by atoms with Crippen LogP contribution in [-0.2, 0) is 6.54 Å². The number of carbonyl (C=O) groups is 2. The van der Waals surface area contributed by atoms with Crippen LogP contribution in [0, 0.1) is 11.7 Å². The van der Waals surface area contributed by atoms with Gasteiger partial charge in [-0.25, -0.2) is 9.07 Å². The molecule has 1 heterocycles. The van der Waals surface area contributed by atoms with Crippen molar-refractivity contribution in [1.82, 2.24) is 15.1 Å². The van der Waals surface area contributed by atoms with Gasteiger partial charge in [0.2, 0.25) is 0 Å². The fourth-order valence-electron chi connectivity index (χ4n) is 4.90. The van der Waals surface area contributed by atoms with Crippen LogP contribution in [0.4, 0.5) is 23.4 Å². The first-order chi connectivity index (χ1) is 18.0. The third-order valence-electron chi connectivity index (χ3n) is 6.73. The number of halogens is 4. The maximum absolute atomic E-state index is 14.1. The average molecular weight is 534 g/mol. The van der Waals surface area contributed by atoms with Crippen LogP contribution in [0.15, 0.2) is 42.5 Å². The molecule has 12 heteroatoms. The van der Waals surface area contributed by atoms with Crippen LogP contribution >= 0.6 is 0 Å². The van der Waals surface area contributed by atoms with Gasteiger partial charge < -0.3 is 21.5 Å². The van der Waals surface area contributed by atoms with Crippen molar-refractivity contribution in [3.8, 4) is 17.0 Å². The summed E-state index contributed by atoms with van der Waals surface area (Å²) in [7, 11) is 1.36. The molecule has 1 saturated carbocycles. The maximum Gasteiger partial charge on any atom is 0.411 e. The number of anilines is 1. The molecule has 1 atom stereocenters. The molecule has 38 heavy (non-hydrogen) atoms. The summed E-state index contributed by atoms with van der Waals surface area (Å²) in [5.74, 6) is -3.06. The predicted octanol–water partition coefficient (Wildman–Crippen LogP) is 4.60. The van der Waals surface area contributed by atoms with Crippen LogP contribution in [0.5, 0.6) is 5.75 Å². The van der Waals surface area contributed by atoms with E-state index in [-0.39, 0.29) is 29.1 Å². The van der Waals surface area contributed by atoms with E-state index in [1.165, 1.54) is 19.2 Å². The average Bonchev–Trinajstić information content (AvgIpc) is 3.51. The first kappa shape index (κ1) is 27.0. The molecule has 2 aromatic carbocycles. The van der Waals surface area contributed by atoms with Crippen molar-refractivity contribution < 1.29 is 31.9 Å². The number of benzene rings is 2. The van der Waals surface area contributed by atoms with Crippen molar-refractivity contribution in [1.29, 1.82) is 0 Å². The van der Waals surface area contributed by atoms with Gasteiger partial charge in [0.25, 0.3) is 11.8 Å². The molecule has 1 fully saturated rings. The lowest BCUT2D eigenvalue weighted by Gasteiger charge is -2.27. The highest BCUT2D eigenvalue weighted by Gasteiger charge is 2.48. The highest BCUT2D eigenvalue weighted by molar-refractivity contribution is 6.03. The van der Waals surface area contributed by atoms with Crippen molar-refractivity contribution in [2.45, 2.75) is 44.4 Å². The van der Waals surface area contributed by atoms with Gasteiger partial charge in [-0.3, -0.25) is 9.59 Å². The first-order valence-electron chi connectivity index (χ1n) is 12.0. The van der Waals surface area contributed by atoms with Crippen LogP contribution < -0.4 is 21.5 Å². The third-order valence-corrected chi connectivity index (χ3v) is 6.73. The number of aromatic nitrogens is 2. The second-order valence-electron chi connectivity index (χ2n) is 9.17. The summed E-state index contributed by atoms with van der Waals surface area (Å²) in [5, 5.41) is 6.79. The Labute approximate surface area is 215 Å². The van der Waals surface area contributed by atoms with E-state index in [1.807, 2.05) is 0 Å². The second kappa shape index (κ2) is 10.7. The molecule has 1 aliphatic rings. The van der Waals surface area contributed by atoms with Crippen molar-refractivity contribution >= 4 is 17.6 Å². The van der Waals surface area contributed by atoms with Crippen LogP contribution in [0.2, 0.25) is 0 Å².